The molecular formula is C7H8ClNS. The highest BCUT2D eigenvalue weighted by Gasteiger charge is 1.92. The summed E-state index contributed by atoms with van der Waals surface area (Å²) in [6, 6.07) is 5.65. The van der Waals surface area contributed by atoms with Crippen LogP contribution in [-0.2, 0) is 0 Å². The normalized spacial score (nSPS) is 9.80. The zero-order chi connectivity index (χ0) is 7.40. The van der Waals surface area contributed by atoms with Crippen molar-refractivity contribution in [3.63, 3.8) is 0 Å². The third kappa shape index (κ3) is 2.20. The minimum absolute atomic E-state index is 0.568. The Labute approximate surface area is 69.8 Å². The van der Waals surface area contributed by atoms with E-state index in [4.69, 9.17) is 11.6 Å². The van der Waals surface area contributed by atoms with Crippen LogP contribution in [0.3, 0.4) is 0 Å². The van der Waals surface area contributed by atoms with E-state index in [0.29, 0.717) is 5.15 Å². The van der Waals surface area contributed by atoms with Gasteiger partial charge >= 0.3 is 0 Å². The average Bonchev–Trinajstić information content (AvgIpc) is 1.88. The van der Waals surface area contributed by atoms with Gasteiger partial charge in [-0.05, 0) is 17.9 Å². The highest BCUT2D eigenvalue weighted by molar-refractivity contribution is 7.99. The van der Waals surface area contributed by atoms with Crippen molar-refractivity contribution in [1.82, 2.24) is 4.98 Å². The third-order valence-electron chi connectivity index (χ3n) is 0.982. The first-order valence-corrected chi connectivity index (χ1v) is 4.44. The Kier molecular flexibility index (Phi) is 3.03. The average molecular weight is 174 g/mol. The molecule has 0 aromatic carbocycles. The van der Waals surface area contributed by atoms with Crippen molar-refractivity contribution in [1.29, 1.82) is 0 Å². The molecule has 0 radical (unpaired) electrons. The summed E-state index contributed by atoms with van der Waals surface area (Å²) in [6.07, 6.45) is 0. The smallest absolute Gasteiger partial charge is 0.130 e. The molecule has 1 nitrogen and oxygen atoms in total. The van der Waals surface area contributed by atoms with Crippen LogP contribution in [0.15, 0.2) is 23.2 Å². The lowest BCUT2D eigenvalue weighted by atomic mass is 10.5. The van der Waals surface area contributed by atoms with Gasteiger partial charge in [0.25, 0.3) is 0 Å². The molecule has 3 heteroatoms. The molecule has 0 atom stereocenters. The van der Waals surface area contributed by atoms with Gasteiger partial charge in [-0.1, -0.05) is 24.6 Å². The van der Waals surface area contributed by atoms with Crippen molar-refractivity contribution < 1.29 is 0 Å². The molecule has 0 unspecified atom stereocenters. The lowest BCUT2D eigenvalue weighted by Crippen LogP contribution is -1.78. The van der Waals surface area contributed by atoms with E-state index < -0.39 is 0 Å². The predicted octanol–water partition coefficient (Wildman–Crippen LogP) is 2.85. The molecule has 1 rings (SSSR count). The number of halogens is 1. The molecule has 0 aliphatic rings. The topological polar surface area (TPSA) is 12.9 Å². The molecule has 0 bridgehead atoms. The van der Waals surface area contributed by atoms with Crippen molar-refractivity contribution in [2.24, 2.45) is 0 Å². The van der Waals surface area contributed by atoms with Gasteiger partial charge in [0.2, 0.25) is 0 Å². The van der Waals surface area contributed by atoms with Crippen molar-refractivity contribution in [2.45, 2.75) is 11.9 Å². The van der Waals surface area contributed by atoms with Gasteiger partial charge in [-0.3, -0.25) is 0 Å². The first-order chi connectivity index (χ1) is 4.83. The van der Waals surface area contributed by atoms with Crippen LogP contribution < -0.4 is 0 Å². The van der Waals surface area contributed by atoms with Crippen LogP contribution in [0.5, 0.6) is 0 Å². The Morgan fingerprint density at radius 1 is 1.60 bits per heavy atom. The van der Waals surface area contributed by atoms with E-state index in [2.05, 4.69) is 11.9 Å². The first kappa shape index (κ1) is 7.89. The second kappa shape index (κ2) is 3.84. The summed E-state index contributed by atoms with van der Waals surface area (Å²) in [5.74, 6) is 1.04. The molecule has 1 aromatic heterocycles. The summed E-state index contributed by atoms with van der Waals surface area (Å²) in [6.45, 7) is 2.09. The summed E-state index contributed by atoms with van der Waals surface area (Å²) in [4.78, 5) is 4.09. The second-order valence-corrected chi connectivity index (χ2v) is 3.40. The molecular weight excluding hydrogens is 166 g/mol. The Hall–Kier alpha value is -0.210. The van der Waals surface area contributed by atoms with Crippen LogP contribution in [0.1, 0.15) is 6.92 Å². The Balaban J connectivity index is 2.75. The number of pyridine rings is 1. The highest BCUT2D eigenvalue weighted by atomic mass is 35.5. The number of nitrogens with zero attached hydrogens (tertiary/aromatic N) is 1. The number of rotatable bonds is 2. The first-order valence-electron chi connectivity index (χ1n) is 3.08. The van der Waals surface area contributed by atoms with Crippen LogP contribution >= 0.6 is 23.4 Å². The van der Waals surface area contributed by atoms with Crippen LogP contribution in [0.2, 0.25) is 5.15 Å². The molecule has 54 valence electrons. The molecule has 0 saturated heterocycles. The minimum Gasteiger partial charge on any atom is -0.230 e. The quantitative estimate of drug-likeness (QED) is 0.504. The fourth-order valence-electron chi connectivity index (χ4n) is 0.618. The Morgan fingerprint density at radius 3 is 3.00 bits per heavy atom. The highest BCUT2D eigenvalue weighted by Crippen LogP contribution is 2.16. The minimum atomic E-state index is 0.568. The third-order valence-corrected chi connectivity index (χ3v) is 2.00. The van der Waals surface area contributed by atoms with Gasteiger partial charge in [-0.2, -0.15) is 0 Å². The van der Waals surface area contributed by atoms with Crippen LogP contribution in [0, 0.1) is 0 Å². The summed E-state index contributed by atoms with van der Waals surface area (Å²) in [5.41, 5.74) is 0. The van der Waals surface area contributed by atoms with Gasteiger partial charge in [0, 0.05) is 0 Å². The van der Waals surface area contributed by atoms with Crippen molar-refractivity contribution >= 4 is 23.4 Å². The van der Waals surface area contributed by atoms with Crippen molar-refractivity contribution in [3.05, 3.63) is 23.4 Å². The fraction of sp³-hybridized carbons (Fsp3) is 0.286. The molecule has 0 amide bonds. The van der Waals surface area contributed by atoms with Crippen molar-refractivity contribution in [3.8, 4) is 0 Å². The molecule has 0 spiro atoms. The molecule has 0 aliphatic carbocycles. The van der Waals surface area contributed by atoms with Gasteiger partial charge in [-0.25, -0.2) is 4.98 Å². The Morgan fingerprint density at radius 2 is 2.40 bits per heavy atom. The monoisotopic (exact) mass is 173 g/mol. The summed E-state index contributed by atoms with van der Waals surface area (Å²) in [7, 11) is 0. The predicted molar refractivity (Wildman–Crippen MR) is 45.6 cm³/mol. The maximum absolute atomic E-state index is 5.66. The van der Waals surface area contributed by atoms with E-state index in [9.17, 15) is 0 Å². The van der Waals surface area contributed by atoms with Gasteiger partial charge in [0.15, 0.2) is 0 Å². The van der Waals surface area contributed by atoms with Gasteiger partial charge < -0.3 is 0 Å². The zero-order valence-electron chi connectivity index (χ0n) is 5.67. The van der Waals surface area contributed by atoms with Crippen molar-refractivity contribution in [2.75, 3.05) is 5.75 Å². The van der Waals surface area contributed by atoms with E-state index in [-0.39, 0.29) is 0 Å². The molecule has 0 saturated carbocycles. The Bertz CT molecular complexity index is 215. The van der Waals surface area contributed by atoms with Crippen LogP contribution in [0.25, 0.3) is 0 Å². The number of thioether (sulfide) groups is 1. The number of hydrogen-bond donors (Lipinski definition) is 0. The number of hydrogen-bond acceptors (Lipinski definition) is 2. The lowest BCUT2D eigenvalue weighted by Gasteiger charge is -1.95. The molecule has 0 aliphatic heterocycles. The molecule has 0 N–H and O–H groups in total. The summed E-state index contributed by atoms with van der Waals surface area (Å²) >= 11 is 7.35. The second-order valence-electron chi connectivity index (χ2n) is 1.73. The largest absolute Gasteiger partial charge is 0.230 e. The standard InChI is InChI=1S/C7H8ClNS/c1-2-10-7-5-3-4-6(8)9-7/h3-5H,2H2,1H3. The SMILES string of the molecule is CCSc1cccc(Cl)n1. The lowest BCUT2D eigenvalue weighted by molar-refractivity contribution is 1.13. The van der Waals surface area contributed by atoms with E-state index in [1.807, 2.05) is 12.1 Å². The molecule has 1 aromatic rings. The van der Waals surface area contributed by atoms with E-state index in [0.717, 1.165) is 10.8 Å². The maximum atomic E-state index is 5.66. The summed E-state index contributed by atoms with van der Waals surface area (Å²) < 4.78 is 0. The zero-order valence-corrected chi connectivity index (χ0v) is 7.25. The van der Waals surface area contributed by atoms with E-state index in [1.165, 1.54) is 0 Å². The van der Waals surface area contributed by atoms with E-state index >= 15 is 0 Å². The molecule has 0 fully saturated rings. The summed E-state index contributed by atoms with van der Waals surface area (Å²) in [5, 5.41) is 1.56. The maximum Gasteiger partial charge on any atom is 0.130 e. The van der Waals surface area contributed by atoms with Gasteiger partial charge in [0.05, 0.1) is 5.03 Å². The molecule has 10 heavy (non-hydrogen) atoms. The molecule has 1 heterocycles. The van der Waals surface area contributed by atoms with Gasteiger partial charge in [-0.15, -0.1) is 11.8 Å². The van der Waals surface area contributed by atoms with E-state index in [1.54, 1.807) is 17.8 Å². The fourth-order valence-corrected chi connectivity index (χ4v) is 1.47. The number of aromatic nitrogens is 1. The van der Waals surface area contributed by atoms with Gasteiger partial charge in [0.1, 0.15) is 5.15 Å². The van der Waals surface area contributed by atoms with Crippen LogP contribution in [-0.4, -0.2) is 10.7 Å². The van der Waals surface area contributed by atoms with Crippen LogP contribution in [0.4, 0.5) is 0 Å².